The fourth-order valence-corrected chi connectivity index (χ4v) is 9.47. The van der Waals surface area contributed by atoms with Gasteiger partial charge in [-0.2, -0.15) is 8.61 Å². The number of halogens is 2. The normalized spacial score (nSPS) is 16.4. The summed E-state index contributed by atoms with van der Waals surface area (Å²) in [5.41, 5.74) is 0.679. The maximum absolute atomic E-state index is 12.7. The van der Waals surface area contributed by atoms with Crippen LogP contribution in [-0.4, -0.2) is 76.5 Å². The average Bonchev–Trinajstić information content (AvgIpc) is 3.68. The number of rotatable bonds is 8. The van der Waals surface area contributed by atoms with Crippen molar-refractivity contribution in [1.29, 1.82) is 0 Å². The molecule has 0 bridgehead atoms. The van der Waals surface area contributed by atoms with Crippen LogP contribution in [0.15, 0.2) is 55.1 Å². The molecule has 0 spiro atoms. The first-order chi connectivity index (χ1) is 20.1. The van der Waals surface area contributed by atoms with Gasteiger partial charge in [-0.25, -0.2) is 16.8 Å². The summed E-state index contributed by atoms with van der Waals surface area (Å²) in [5.74, 6) is -0.525. The maximum Gasteiger partial charge on any atom is 0.251 e. The molecule has 10 nitrogen and oxygen atoms in total. The summed E-state index contributed by atoms with van der Waals surface area (Å²) in [5, 5.41) is 5.51. The van der Waals surface area contributed by atoms with E-state index in [2.05, 4.69) is 42.5 Å². The first-order valence-electron chi connectivity index (χ1n) is 14.2. The first kappa shape index (κ1) is 35.6. The summed E-state index contributed by atoms with van der Waals surface area (Å²) in [6.45, 7) is 11.1. The molecule has 2 aliphatic rings. The van der Waals surface area contributed by atoms with E-state index >= 15 is 0 Å². The van der Waals surface area contributed by atoms with Gasteiger partial charge in [0.1, 0.15) is 0 Å². The van der Waals surface area contributed by atoms with Crippen molar-refractivity contribution in [3.8, 4) is 0 Å². The number of benzene rings is 2. The van der Waals surface area contributed by atoms with E-state index in [1.54, 1.807) is 24.3 Å². The van der Waals surface area contributed by atoms with Gasteiger partial charge in [-0.1, -0.05) is 20.8 Å². The molecule has 14 heteroatoms. The molecular weight excluding hydrogens is 724 g/mol. The van der Waals surface area contributed by atoms with Crippen LogP contribution in [0.1, 0.15) is 74.1 Å². The van der Waals surface area contributed by atoms with Crippen LogP contribution in [0.3, 0.4) is 0 Å². The molecule has 2 saturated heterocycles. The molecule has 0 aliphatic carbocycles. The largest absolute Gasteiger partial charge is 0.352 e. The standard InChI is InChI=1S/C16H23BrN2O3S.C13H17BrN2O3S/c1-16(2,3)11-18-15(20)12-6-7-13(17)14(10-12)23(21,22)19-8-4-5-9-19;1-2-15-13(17)10-5-6-11(14)12(9-10)20(18,19)16-7-3-4-8-16/h6-7,10H,4-5,8-9,11H2,1-3H3,(H,18,20);5-6,9H,2-4,7-8H2,1H3,(H,15,17). The monoisotopic (exact) mass is 762 g/mol. The Morgan fingerprint density at radius 3 is 1.44 bits per heavy atom. The molecule has 0 saturated carbocycles. The zero-order valence-corrected chi connectivity index (χ0v) is 29.8. The van der Waals surface area contributed by atoms with E-state index in [-0.39, 0.29) is 27.0 Å². The Bertz CT molecular complexity index is 1530. The third kappa shape index (κ3) is 9.33. The van der Waals surface area contributed by atoms with Gasteiger partial charge in [0, 0.05) is 59.3 Å². The second kappa shape index (κ2) is 15.0. The van der Waals surface area contributed by atoms with Gasteiger partial charge in [-0.3, -0.25) is 9.59 Å². The zero-order valence-electron chi connectivity index (χ0n) is 25.0. The SMILES string of the molecule is CC(C)(C)CNC(=O)c1ccc(Br)c(S(=O)(=O)N2CCCC2)c1.CCNC(=O)c1ccc(Br)c(S(=O)(=O)N2CCCC2)c1. The van der Waals surface area contributed by atoms with Crippen LogP contribution in [0.2, 0.25) is 0 Å². The van der Waals surface area contributed by atoms with Crippen molar-refractivity contribution in [3.63, 3.8) is 0 Å². The molecule has 0 unspecified atom stereocenters. The fraction of sp³-hybridized carbons (Fsp3) is 0.517. The molecule has 0 radical (unpaired) electrons. The van der Waals surface area contributed by atoms with Crippen molar-refractivity contribution in [3.05, 3.63) is 56.5 Å². The lowest BCUT2D eigenvalue weighted by Gasteiger charge is -2.19. The van der Waals surface area contributed by atoms with Gasteiger partial charge in [0.2, 0.25) is 20.0 Å². The highest BCUT2D eigenvalue weighted by molar-refractivity contribution is 9.10. The van der Waals surface area contributed by atoms with E-state index in [4.69, 9.17) is 0 Å². The lowest BCUT2D eigenvalue weighted by molar-refractivity contribution is 0.0936. The molecule has 2 amide bonds. The smallest absolute Gasteiger partial charge is 0.251 e. The van der Waals surface area contributed by atoms with Gasteiger partial charge in [-0.15, -0.1) is 0 Å². The maximum atomic E-state index is 12.7. The highest BCUT2D eigenvalue weighted by Crippen LogP contribution is 2.30. The number of sulfonamides is 2. The van der Waals surface area contributed by atoms with E-state index in [9.17, 15) is 26.4 Å². The van der Waals surface area contributed by atoms with Crippen LogP contribution in [0.5, 0.6) is 0 Å². The molecular formula is C29H40Br2N4O6S2. The van der Waals surface area contributed by atoms with Crippen molar-refractivity contribution in [1.82, 2.24) is 19.2 Å². The Morgan fingerprint density at radius 1 is 0.721 bits per heavy atom. The Balaban J connectivity index is 0.000000238. The van der Waals surface area contributed by atoms with Crippen LogP contribution in [0, 0.1) is 5.41 Å². The molecule has 0 atom stereocenters. The number of carbonyl (C=O) groups is 2. The van der Waals surface area contributed by atoms with E-state index in [1.807, 2.05) is 27.7 Å². The second-order valence-electron chi connectivity index (χ2n) is 11.6. The number of nitrogens with zero attached hydrogens (tertiary/aromatic N) is 2. The lowest BCUT2D eigenvalue weighted by Crippen LogP contribution is -2.32. The molecule has 2 aliphatic heterocycles. The summed E-state index contributed by atoms with van der Waals surface area (Å²) in [6, 6.07) is 9.35. The van der Waals surface area contributed by atoms with E-state index in [1.165, 1.54) is 20.7 Å². The van der Waals surface area contributed by atoms with Crippen LogP contribution >= 0.6 is 31.9 Å². The van der Waals surface area contributed by atoms with Gasteiger partial charge in [-0.05, 0) is 106 Å². The lowest BCUT2D eigenvalue weighted by atomic mass is 9.97. The van der Waals surface area contributed by atoms with Crippen LogP contribution in [0.4, 0.5) is 0 Å². The predicted molar refractivity (Wildman–Crippen MR) is 174 cm³/mol. The van der Waals surface area contributed by atoms with E-state index in [0.717, 1.165) is 25.7 Å². The summed E-state index contributed by atoms with van der Waals surface area (Å²) in [4.78, 5) is 24.4. The third-order valence-corrected chi connectivity index (χ3v) is 12.7. The summed E-state index contributed by atoms with van der Waals surface area (Å²) in [6.07, 6.45) is 3.52. The summed E-state index contributed by atoms with van der Waals surface area (Å²) in [7, 11) is -7.10. The fourth-order valence-electron chi connectivity index (χ4n) is 4.53. The van der Waals surface area contributed by atoms with Gasteiger partial charge >= 0.3 is 0 Å². The van der Waals surface area contributed by atoms with Gasteiger partial charge in [0.25, 0.3) is 11.8 Å². The Morgan fingerprint density at radius 2 is 1.09 bits per heavy atom. The topological polar surface area (TPSA) is 133 Å². The molecule has 2 heterocycles. The van der Waals surface area contributed by atoms with Crippen LogP contribution in [0.25, 0.3) is 0 Å². The minimum Gasteiger partial charge on any atom is -0.352 e. The quantitative estimate of drug-likeness (QED) is 0.390. The van der Waals surface area contributed by atoms with Crippen molar-refractivity contribution in [2.45, 2.75) is 63.2 Å². The molecule has 0 aromatic heterocycles. The Kier molecular flexibility index (Phi) is 12.4. The third-order valence-electron chi connectivity index (χ3n) is 6.87. The van der Waals surface area contributed by atoms with Gasteiger partial charge in [0.15, 0.2) is 0 Å². The Hall–Kier alpha value is -1.84. The summed E-state index contributed by atoms with van der Waals surface area (Å²) >= 11 is 6.56. The van der Waals surface area contributed by atoms with Gasteiger partial charge < -0.3 is 10.6 Å². The van der Waals surface area contributed by atoms with E-state index in [0.29, 0.717) is 59.3 Å². The average molecular weight is 765 g/mol. The summed E-state index contributed by atoms with van der Waals surface area (Å²) < 4.78 is 54.4. The minimum absolute atomic E-state index is 0.0323. The van der Waals surface area contributed by atoms with Crippen molar-refractivity contribution >= 4 is 63.7 Å². The highest BCUT2D eigenvalue weighted by Gasteiger charge is 2.31. The second-order valence-corrected chi connectivity index (χ2v) is 17.1. The molecule has 4 rings (SSSR count). The number of amides is 2. The van der Waals surface area contributed by atoms with Crippen LogP contribution < -0.4 is 10.6 Å². The van der Waals surface area contributed by atoms with Gasteiger partial charge in [0.05, 0.1) is 9.79 Å². The van der Waals surface area contributed by atoms with Crippen molar-refractivity contribution < 1.29 is 26.4 Å². The number of nitrogens with one attached hydrogen (secondary N) is 2. The minimum atomic E-state index is -3.56. The molecule has 2 fully saturated rings. The highest BCUT2D eigenvalue weighted by atomic mass is 79.9. The number of carbonyl (C=O) groups excluding carboxylic acids is 2. The zero-order chi connectivity index (χ0) is 32.0. The van der Waals surface area contributed by atoms with Crippen molar-refractivity contribution in [2.75, 3.05) is 39.3 Å². The molecule has 2 aromatic rings. The molecule has 2 aromatic carbocycles. The predicted octanol–water partition coefficient (Wildman–Crippen LogP) is 4.99. The Labute approximate surface area is 272 Å². The molecule has 238 valence electrons. The van der Waals surface area contributed by atoms with Crippen molar-refractivity contribution in [2.24, 2.45) is 5.41 Å². The first-order valence-corrected chi connectivity index (χ1v) is 18.7. The van der Waals surface area contributed by atoms with Crippen LogP contribution in [-0.2, 0) is 20.0 Å². The molecule has 2 N–H and O–H groups in total. The van der Waals surface area contributed by atoms with E-state index < -0.39 is 20.0 Å². The molecule has 43 heavy (non-hydrogen) atoms. The number of hydrogen-bond donors (Lipinski definition) is 2. The number of hydrogen-bond acceptors (Lipinski definition) is 6.